The summed E-state index contributed by atoms with van der Waals surface area (Å²) in [5, 5.41) is 21.5. The largest absolute Gasteiger partial charge is 0.306 e. The number of carbonyl (C=O) groups is 1. The second-order valence-corrected chi connectivity index (χ2v) is 7.50. The number of carbonyl (C=O) groups excluding carboxylic acids is 1. The number of anilines is 1. The number of nitrogens with one attached hydrogen (secondary N) is 1. The quantitative estimate of drug-likeness (QED) is 0.597. The molecule has 0 atom stereocenters. The van der Waals surface area contributed by atoms with Gasteiger partial charge >= 0.3 is 0 Å². The minimum Gasteiger partial charge on any atom is -0.306 e. The molecule has 0 bridgehead atoms. The van der Waals surface area contributed by atoms with E-state index in [2.05, 4.69) is 44.8 Å². The van der Waals surface area contributed by atoms with Gasteiger partial charge in [0.2, 0.25) is 11.0 Å². The summed E-state index contributed by atoms with van der Waals surface area (Å²) in [6, 6.07) is 10.2. The molecule has 0 unspecified atom stereocenters. The first-order valence-electron chi connectivity index (χ1n) is 8.40. The van der Waals surface area contributed by atoms with Crippen LogP contribution in [0, 0.1) is 0 Å². The van der Waals surface area contributed by atoms with E-state index in [1.165, 1.54) is 28.7 Å². The Morgan fingerprint density at radius 1 is 1.15 bits per heavy atom. The second-order valence-electron chi connectivity index (χ2n) is 5.50. The van der Waals surface area contributed by atoms with Crippen molar-refractivity contribution < 1.29 is 4.79 Å². The van der Waals surface area contributed by atoms with Crippen LogP contribution in [0.15, 0.2) is 35.5 Å². The molecule has 26 heavy (non-hydrogen) atoms. The van der Waals surface area contributed by atoms with E-state index in [9.17, 15) is 4.79 Å². The van der Waals surface area contributed by atoms with Gasteiger partial charge in [-0.25, -0.2) is 0 Å². The van der Waals surface area contributed by atoms with Gasteiger partial charge in [-0.1, -0.05) is 60.4 Å². The van der Waals surface area contributed by atoms with Crippen molar-refractivity contribution in [2.45, 2.75) is 38.4 Å². The molecule has 0 saturated heterocycles. The number of aryl methyl sites for hydroxylation is 1. The van der Waals surface area contributed by atoms with Crippen molar-refractivity contribution in [1.29, 1.82) is 0 Å². The van der Waals surface area contributed by atoms with E-state index in [-0.39, 0.29) is 11.7 Å². The zero-order valence-electron chi connectivity index (χ0n) is 14.7. The van der Waals surface area contributed by atoms with Crippen LogP contribution in [0.4, 0.5) is 5.13 Å². The van der Waals surface area contributed by atoms with Crippen molar-refractivity contribution in [3.63, 3.8) is 0 Å². The Labute approximate surface area is 160 Å². The first-order chi connectivity index (χ1) is 12.7. The molecule has 2 heterocycles. The van der Waals surface area contributed by atoms with Crippen LogP contribution in [-0.2, 0) is 24.2 Å². The molecule has 0 aliphatic carbocycles. The Bertz CT molecular complexity index is 861. The van der Waals surface area contributed by atoms with E-state index in [1.54, 1.807) is 0 Å². The standard InChI is InChI=1S/C17H20N6OS2/c1-3-15-20-21-16(26-15)18-14(24)11-25-17-22-19-13(23(17)4-2)10-12-8-6-5-7-9-12/h5-9H,3-4,10-11H2,1-2H3,(H,18,21,24). The maximum Gasteiger partial charge on any atom is 0.236 e. The van der Waals surface area contributed by atoms with Gasteiger partial charge < -0.3 is 4.57 Å². The van der Waals surface area contributed by atoms with Crippen LogP contribution in [0.5, 0.6) is 0 Å². The summed E-state index contributed by atoms with van der Waals surface area (Å²) in [5.41, 5.74) is 1.19. The predicted octanol–water partition coefficient (Wildman–Crippen LogP) is 3.03. The van der Waals surface area contributed by atoms with Gasteiger partial charge in [-0.2, -0.15) is 0 Å². The average Bonchev–Trinajstić information content (AvgIpc) is 3.27. The molecule has 3 rings (SSSR count). The zero-order chi connectivity index (χ0) is 18.4. The Morgan fingerprint density at radius 2 is 1.96 bits per heavy atom. The van der Waals surface area contributed by atoms with Crippen LogP contribution in [0.2, 0.25) is 0 Å². The summed E-state index contributed by atoms with van der Waals surface area (Å²) >= 11 is 2.78. The molecule has 136 valence electrons. The predicted molar refractivity (Wildman–Crippen MR) is 104 cm³/mol. The molecule has 0 aliphatic rings. The van der Waals surface area contributed by atoms with E-state index >= 15 is 0 Å². The lowest BCUT2D eigenvalue weighted by Crippen LogP contribution is -2.14. The zero-order valence-corrected chi connectivity index (χ0v) is 16.3. The highest BCUT2D eigenvalue weighted by atomic mass is 32.2. The third-order valence-corrected chi connectivity index (χ3v) is 5.61. The summed E-state index contributed by atoms with van der Waals surface area (Å²) in [6.07, 6.45) is 1.53. The third kappa shape index (κ3) is 4.67. The van der Waals surface area contributed by atoms with Gasteiger partial charge in [-0.05, 0) is 18.9 Å². The lowest BCUT2D eigenvalue weighted by Gasteiger charge is -2.07. The molecule has 7 nitrogen and oxygen atoms in total. The minimum absolute atomic E-state index is 0.121. The molecule has 0 radical (unpaired) electrons. The van der Waals surface area contributed by atoms with Crippen LogP contribution in [0.3, 0.4) is 0 Å². The highest BCUT2D eigenvalue weighted by Crippen LogP contribution is 2.20. The van der Waals surface area contributed by atoms with Crippen molar-refractivity contribution in [1.82, 2.24) is 25.0 Å². The molecule has 1 N–H and O–H groups in total. The lowest BCUT2D eigenvalue weighted by molar-refractivity contribution is -0.113. The fourth-order valence-electron chi connectivity index (χ4n) is 2.39. The van der Waals surface area contributed by atoms with E-state index in [1.807, 2.05) is 29.7 Å². The Morgan fingerprint density at radius 3 is 2.65 bits per heavy atom. The van der Waals surface area contributed by atoms with Crippen LogP contribution < -0.4 is 5.32 Å². The van der Waals surface area contributed by atoms with E-state index in [4.69, 9.17) is 0 Å². The lowest BCUT2D eigenvalue weighted by atomic mass is 10.1. The van der Waals surface area contributed by atoms with Gasteiger partial charge in [0.05, 0.1) is 5.75 Å². The molecule has 0 fully saturated rings. The van der Waals surface area contributed by atoms with Crippen LogP contribution in [0.25, 0.3) is 0 Å². The Kier molecular flexibility index (Phi) is 6.35. The summed E-state index contributed by atoms with van der Waals surface area (Å²) in [7, 11) is 0. The SMILES string of the molecule is CCc1nnc(NC(=O)CSc2nnc(Cc3ccccc3)n2CC)s1. The number of hydrogen-bond acceptors (Lipinski definition) is 7. The normalized spacial score (nSPS) is 10.8. The number of thioether (sulfide) groups is 1. The summed E-state index contributed by atoms with van der Waals surface area (Å²) in [4.78, 5) is 12.1. The highest BCUT2D eigenvalue weighted by molar-refractivity contribution is 7.99. The molecule has 9 heteroatoms. The first-order valence-corrected chi connectivity index (χ1v) is 10.2. The van der Waals surface area contributed by atoms with Crippen molar-refractivity contribution in [3.05, 3.63) is 46.7 Å². The summed E-state index contributed by atoms with van der Waals surface area (Å²) in [6.45, 7) is 4.82. The molecule has 0 saturated carbocycles. The van der Waals surface area contributed by atoms with Crippen molar-refractivity contribution in [3.8, 4) is 0 Å². The maximum atomic E-state index is 12.1. The fraction of sp³-hybridized carbons (Fsp3) is 0.353. The molecule has 1 aromatic carbocycles. The molecule has 3 aromatic rings. The van der Waals surface area contributed by atoms with Crippen LogP contribution in [-0.4, -0.2) is 36.6 Å². The first kappa shape index (κ1) is 18.5. The van der Waals surface area contributed by atoms with E-state index < -0.39 is 0 Å². The van der Waals surface area contributed by atoms with Gasteiger partial charge in [0.15, 0.2) is 5.16 Å². The number of amides is 1. The number of nitrogens with zero attached hydrogens (tertiary/aromatic N) is 5. The number of hydrogen-bond donors (Lipinski definition) is 1. The molecule has 1 amide bonds. The number of rotatable bonds is 8. The third-order valence-electron chi connectivity index (χ3n) is 3.66. The molecule has 2 aromatic heterocycles. The van der Waals surface area contributed by atoms with Gasteiger partial charge in [0.25, 0.3) is 0 Å². The Hall–Kier alpha value is -2.26. The molecular weight excluding hydrogens is 368 g/mol. The molecule has 0 aliphatic heterocycles. The van der Waals surface area contributed by atoms with E-state index in [0.717, 1.165) is 35.4 Å². The van der Waals surface area contributed by atoms with Gasteiger partial charge in [-0.3, -0.25) is 10.1 Å². The second kappa shape index (κ2) is 8.91. The van der Waals surface area contributed by atoms with Gasteiger partial charge in [-0.15, -0.1) is 20.4 Å². The van der Waals surface area contributed by atoms with Crippen molar-refractivity contribution >= 4 is 34.1 Å². The van der Waals surface area contributed by atoms with Crippen LogP contribution in [0.1, 0.15) is 30.2 Å². The minimum atomic E-state index is -0.121. The summed E-state index contributed by atoms with van der Waals surface area (Å²) < 4.78 is 2.05. The summed E-state index contributed by atoms with van der Waals surface area (Å²) in [5.74, 6) is 1.03. The molecular formula is C17H20N6OS2. The van der Waals surface area contributed by atoms with E-state index in [0.29, 0.717) is 5.13 Å². The number of benzene rings is 1. The maximum absolute atomic E-state index is 12.1. The van der Waals surface area contributed by atoms with Gasteiger partial charge in [0, 0.05) is 13.0 Å². The average molecular weight is 389 g/mol. The van der Waals surface area contributed by atoms with Gasteiger partial charge in [0.1, 0.15) is 10.8 Å². The topological polar surface area (TPSA) is 85.6 Å². The van der Waals surface area contributed by atoms with Crippen molar-refractivity contribution in [2.75, 3.05) is 11.1 Å². The van der Waals surface area contributed by atoms with Crippen LogP contribution >= 0.6 is 23.1 Å². The fourth-order valence-corrected chi connectivity index (χ4v) is 3.90. The monoisotopic (exact) mass is 388 g/mol. The van der Waals surface area contributed by atoms with Crippen molar-refractivity contribution in [2.24, 2.45) is 0 Å². The Balaban J connectivity index is 1.60. The molecule has 0 spiro atoms. The number of aromatic nitrogens is 5. The highest BCUT2D eigenvalue weighted by Gasteiger charge is 2.14. The smallest absolute Gasteiger partial charge is 0.236 e.